The van der Waals surface area contributed by atoms with Crippen LogP contribution in [0.4, 0.5) is 14.7 Å². The van der Waals surface area contributed by atoms with Gasteiger partial charge in [0.2, 0.25) is 5.95 Å². The number of carbonyl (C=O) groups is 1. The first kappa shape index (κ1) is 14.6. The van der Waals surface area contributed by atoms with Crippen LogP contribution in [-0.2, 0) is 9.53 Å². The molecule has 7 heteroatoms. The van der Waals surface area contributed by atoms with Gasteiger partial charge in [0.05, 0.1) is 31.0 Å². The lowest BCUT2D eigenvalue weighted by atomic mass is 9.79. The van der Waals surface area contributed by atoms with Crippen LogP contribution in [0.3, 0.4) is 0 Å². The average Bonchev–Trinajstić information content (AvgIpc) is 2.43. The Hall–Kier alpha value is -1.79. The van der Waals surface area contributed by atoms with Gasteiger partial charge in [-0.15, -0.1) is 0 Å². The number of alkyl halides is 1. The molecule has 1 aliphatic rings. The summed E-state index contributed by atoms with van der Waals surface area (Å²) in [5.74, 6) is -0.800. The maximum Gasteiger partial charge on any atom is 0.314 e. The normalized spacial score (nSPS) is 26.4. The van der Waals surface area contributed by atoms with Gasteiger partial charge in [-0.05, 0) is 20.3 Å². The van der Waals surface area contributed by atoms with Gasteiger partial charge < -0.3 is 9.64 Å². The Morgan fingerprint density at radius 3 is 2.75 bits per heavy atom. The van der Waals surface area contributed by atoms with Crippen LogP contribution >= 0.6 is 0 Å². The van der Waals surface area contributed by atoms with Crippen molar-refractivity contribution in [3.63, 3.8) is 0 Å². The smallest absolute Gasteiger partial charge is 0.314 e. The number of anilines is 1. The Morgan fingerprint density at radius 1 is 1.55 bits per heavy atom. The third kappa shape index (κ3) is 2.71. The first-order valence-corrected chi connectivity index (χ1v) is 6.51. The highest BCUT2D eigenvalue weighted by atomic mass is 19.1. The molecule has 0 saturated carbocycles. The molecule has 1 fully saturated rings. The van der Waals surface area contributed by atoms with Crippen LogP contribution in [0.2, 0.25) is 0 Å². The zero-order valence-electron chi connectivity index (χ0n) is 11.5. The van der Waals surface area contributed by atoms with Crippen molar-refractivity contribution in [1.82, 2.24) is 9.97 Å². The molecule has 0 spiro atoms. The first-order valence-electron chi connectivity index (χ1n) is 6.51. The van der Waals surface area contributed by atoms with E-state index in [1.165, 1.54) is 0 Å². The molecule has 2 heterocycles. The Kier molecular flexibility index (Phi) is 4.15. The summed E-state index contributed by atoms with van der Waals surface area (Å²) in [7, 11) is 0. The van der Waals surface area contributed by atoms with Crippen LogP contribution in [-0.4, -0.2) is 41.8 Å². The van der Waals surface area contributed by atoms with Gasteiger partial charge in [0.1, 0.15) is 6.17 Å². The summed E-state index contributed by atoms with van der Waals surface area (Å²) >= 11 is 0. The summed E-state index contributed by atoms with van der Waals surface area (Å²) < 4.78 is 32.0. The monoisotopic (exact) mass is 285 g/mol. The fourth-order valence-corrected chi connectivity index (χ4v) is 2.19. The fraction of sp³-hybridized carbons (Fsp3) is 0.615. The Bertz CT molecular complexity index is 483. The highest BCUT2D eigenvalue weighted by molar-refractivity contribution is 5.77. The van der Waals surface area contributed by atoms with Crippen LogP contribution in [0.25, 0.3) is 0 Å². The summed E-state index contributed by atoms with van der Waals surface area (Å²) in [5.41, 5.74) is -1.15. The molecule has 0 N–H and O–H groups in total. The zero-order valence-corrected chi connectivity index (χ0v) is 11.5. The van der Waals surface area contributed by atoms with Crippen molar-refractivity contribution < 1.29 is 18.3 Å². The molecule has 1 aromatic rings. The number of hydrogen-bond donors (Lipinski definition) is 0. The van der Waals surface area contributed by atoms with Crippen molar-refractivity contribution in [2.45, 2.75) is 26.4 Å². The van der Waals surface area contributed by atoms with E-state index in [0.717, 1.165) is 12.4 Å². The number of esters is 1. The standard InChI is InChI=1S/C13H17F2N3O2/c1-3-20-11(19)13(2)4-5-18(8-10(13)15)12-16-6-9(14)7-17-12/h6-7,10H,3-5,8H2,1-2H3/t10-,13?/m1/s1. The minimum atomic E-state index is -1.39. The molecule has 20 heavy (non-hydrogen) atoms. The van der Waals surface area contributed by atoms with Crippen molar-refractivity contribution in [3.8, 4) is 0 Å². The molecule has 1 saturated heterocycles. The molecule has 1 aromatic heterocycles. The van der Waals surface area contributed by atoms with Gasteiger partial charge in [-0.2, -0.15) is 0 Å². The topological polar surface area (TPSA) is 55.3 Å². The zero-order chi connectivity index (χ0) is 14.8. The molecule has 0 amide bonds. The predicted molar refractivity (Wildman–Crippen MR) is 68.5 cm³/mol. The van der Waals surface area contributed by atoms with Gasteiger partial charge in [0.15, 0.2) is 5.82 Å². The molecule has 1 unspecified atom stereocenters. The molecular weight excluding hydrogens is 268 g/mol. The maximum atomic E-state index is 14.3. The molecule has 2 rings (SSSR count). The minimum absolute atomic E-state index is 0.0129. The van der Waals surface area contributed by atoms with E-state index < -0.39 is 23.4 Å². The second-order valence-electron chi connectivity index (χ2n) is 5.00. The minimum Gasteiger partial charge on any atom is -0.465 e. The van der Waals surface area contributed by atoms with E-state index in [1.807, 2.05) is 0 Å². The van der Waals surface area contributed by atoms with Crippen molar-refractivity contribution in [2.75, 3.05) is 24.6 Å². The number of aromatic nitrogens is 2. The molecule has 110 valence electrons. The van der Waals surface area contributed by atoms with Crippen molar-refractivity contribution in [1.29, 1.82) is 0 Å². The lowest BCUT2D eigenvalue weighted by Crippen LogP contribution is -2.52. The van der Waals surface area contributed by atoms with Crippen LogP contribution in [0.1, 0.15) is 20.3 Å². The summed E-state index contributed by atoms with van der Waals surface area (Å²) in [6.07, 6.45) is 0.987. The lowest BCUT2D eigenvalue weighted by Gasteiger charge is -2.40. The van der Waals surface area contributed by atoms with Crippen LogP contribution in [0.5, 0.6) is 0 Å². The number of hydrogen-bond acceptors (Lipinski definition) is 5. The highest BCUT2D eigenvalue weighted by Crippen LogP contribution is 2.35. The van der Waals surface area contributed by atoms with Gasteiger partial charge in [0.25, 0.3) is 0 Å². The summed E-state index contributed by atoms with van der Waals surface area (Å²) in [4.78, 5) is 21.1. The molecule has 0 aliphatic carbocycles. The number of nitrogens with zero attached hydrogens (tertiary/aromatic N) is 3. The molecule has 0 aromatic carbocycles. The molecule has 0 bridgehead atoms. The van der Waals surface area contributed by atoms with Crippen LogP contribution in [0, 0.1) is 11.2 Å². The van der Waals surface area contributed by atoms with E-state index >= 15 is 0 Å². The predicted octanol–water partition coefficient (Wildman–Crippen LogP) is 1.73. The SMILES string of the molecule is CCOC(=O)C1(C)CCN(c2ncc(F)cn2)C[C@H]1F. The summed E-state index contributed by atoms with van der Waals surface area (Å²) in [5, 5.41) is 0. The second kappa shape index (κ2) is 5.68. The van der Waals surface area contributed by atoms with Gasteiger partial charge in [0, 0.05) is 6.54 Å². The van der Waals surface area contributed by atoms with E-state index in [9.17, 15) is 13.6 Å². The third-order valence-corrected chi connectivity index (χ3v) is 3.60. The van der Waals surface area contributed by atoms with E-state index in [0.29, 0.717) is 13.0 Å². The van der Waals surface area contributed by atoms with E-state index in [-0.39, 0.29) is 19.1 Å². The first-order chi connectivity index (χ1) is 9.47. The number of rotatable bonds is 3. The van der Waals surface area contributed by atoms with Gasteiger partial charge >= 0.3 is 5.97 Å². The number of piperidine rings is 1. The molecule has 1 aliphatic heterocycles. The Morgan fingerprint density at radius 2 is 2.20 bits per heavy atom. The summed E-state index contributed by atoms with van der Waals surface area (Å²) in [6.45, 7) is 3.89. The van der Waals surface area contributed by atoms with Gasteiger partial charge in [-0.3, -0.25) is 4.79 Å². The van der Waals surface area contributed by atoms with Crippen LogP contribution in [0.15, 0.2) is 12.4 Å². The Balaban J connectivity index is 2.08. The summed E-state index contributed by atoms with van der Waals surface area (Å²) in [6, 6.07) is 0. The van der Waals surface area contributed by atoms with E-state index in [4.69, 9.17) is 4.74 Å². The largest absolute Gasteiger partial charge is 0.465 e. The number of ether oxygens (including phenoxy) is 1. The molecular formula is C13H17F2N3O2. The second-order valence-corrected chi connectivity index (χ2v) is 5.00. The maximum absolute atomic E-state index is 14.3. The quantitative estimate of drug-likeness (QED) is 0.792. The fourth-order valence-electron chi connectivity index (χ4n) is 2.19. The Labute approximate surface area is 116 Å². The van der Waals surface area contributed by atoms with Gasteiger partial charge in [-0.25, -0.2) is 18.7 Å². The van der Waals surface area contributed by atoms with Crippen molar-refractivity contribution >= 4 is 11.9 Å². The van der Waals surface area contributed by atoms with Crippen LogP contribution < -0.4 is 4.90 Å². The highest BCUT2D eigenvalue weighted by Gasteiger charge is 2.47. The van der Waals surface area contributed by atoms with E-state index in [1.54, 1.807) is 18.7 Å². The molecule has 5 nitrogen and oxygen atoms in total. The van der Waals surface area contributed by atoms with E-state index in [2.05, 4.69) is 9.97 Å². The van der Waals surface area contributed by atoms with Crippen molar-refractivity contribution in [2.24, 2.45) is 5.41 Å². The lowest BCUT2D eigenvalue weighted by molar-refractivity contribution is -0.159. The third-order valence-electron chi connectivity index (χ3n) is 3.60. The average molecular weight is 285 g/mol. The number of carbonyl (C=O) groups excluding carboxylic acids is 1. The molecule has 0 radical (unpaired) electrons. The van der Waals surface area contributed by atoms with Gasteiger partial charge in [-0.1, -0.05) is 0 Å². The number of halogens is 2. The molecule has 2 atom stereocenters. The van der Waals surface area contributed by atoms with Crippen molar-refractivity contribution in [3.05, 3.63) is 18.2 Å².